The molecule has 256 valence electrons. The Morgan fingerprint density at radius 3 is 1.55 bits per heavy atom. The lowest BCUT2D eigenvalue weighted by atomic mass is 9.82. The normalized spacial score (nSPS) is 13.3. The maximum atomic E-state index is 12.2. The van der Waals surface area contributed by atoms with Crippen molar-refractivity contribution < 1.29 is 57.6 Å². The van der Waals surface area contributed by atoms with Crippen LogP contribution in [0.2, 0.25) is 0 Å². The number of rotatable bonds is 6. The number of halogens is 9. The maximum Gasteiger partial charge on any atom is 0.460 e. The quantitative estimate of drug-likeness (QED) is 0.133. The number of hydrogen-bond acceptors (Lipinski definition) is 3. The fraction of sp³-hybridized carbons (Fsp3) is 0.143. The van der Waals surface area contributed by atoms with Crippen molar-refractivity contribution in [1.82, 2.24) is 0 Å². The first-order valence-electron chi connectivity index (χ1n) is 14.1. The van der Waals surface area contributed by atoms with Gasteiger partial charge in [-0.2, -0.15) is 47.9 Å². The Hall–Kier alpha value is -4.82. The van der Waals surface area contributed by atoms with E-state index in [4.69, 9.17) is 4.55 Å². The number of fused-ring (bicyclic) bond motifs is 3. The van der Waals surface area contributed by atoms with Crippen molar-refractivity contribution in [3.05, 3.63) is 126 Å². The molecule has 5 aromatic rings. The zero-order valence-corrected chi connectivity index (χ0v) is 25.5. The first-order valence-corrected chi connectivity index (χ1v) is 15.6. The predicted octanol–water partition coefficient (Wildman–Crippen LogP) is 10.3. The van der Waals surface area contributed by atoms with Crippen LogP contribution in [-0.4, -0.2) is 41.4 Å². The lowest BCUT2D eigenvalue weighted by Crippen LogP contribution is -2.63. The van der Waals surface area contributed by atoms with Crippen molar-refractivity contribution in [2.45, 2.75) is 29.7 Å². The van der Waals surface area contributed by atoms with Gasteiger partial charge in [0.15, 0.2) is 0 Å². The molecule has 1 aliphatic carbocycles. The molecule has 0 aromatic heterocycles. The fourth-order valence-electron chi connectivity index (χ4n) is 5.49. The average Bonchev–Trinajstić information content (AvgIpc) is 3.43. The monoisotopic (exact) mass is 710 g/mol. The first-order chi connectivity index (χ1) is 22.8. The van der Waals surface area contributed by atoms with E-state index in [1.54, 1.807) is 12.1 Å². The molecule has 0 fully saturated rings. The van der Waals surface area contributed by atoms with E-state index >= 15 is 0 Å². The third kappa shape index (κ3) is 6.26. The van der Waals surface area contributed by atoms with Gasteiger partial charge < -0.3 is 5.11 Å². The van der Waals surface area contributed by atoms with Crippen molar-refractivity contribution in [1.29, 1.82) is 0 Å². The van der Waals surface area contributed by atoms with Gasteiger partial charge in [0.1, 0.15) is 5.75 Å². The highest BCUT2D eigenvalue weighted by Gasteiger charge is 2.85. The minimum atomic E-state index is -7.37. The Kier molecular flexibility index (Phi) is 9.10. The highest BCUT2D eigenvalue weighted by molar-refractivity contribution is 7.87. The molecule has 4 nitrogen and oxygen atoms in total. The van der Waals surface area contributed by atoms with E-state index in [0.717, 1.165) is 12.0 Å². The summed E-state index contributed by atoms with van der Waals surface area (Å²) in [6.07, 6.45) is -6.22. The van der Waals surface area contributed by atoms with Gasteiger partial charge in [0.05, 0.1) is 0 Å². The topological polar surface area (TPSA) is 74.6 Å². The van der Waals surface area contributed by atoms with Gasteiger partial charge in [0.25, 0.3) is 0 Å². The predicted molar refractivity (Wildman–Crippen MR) is 165 cm³/mol. The molecule has 0 unspecified atom stereocenters. The molecule has 5 aromatic carbocycles. The number of phenols is 1. The van der Waals surface area contributed by atoms with E-state index < -0.39 is 33.4 Å². The molecule has 0 bridgehead atoms. The Morgan fingerprint density at radius 2 is 1.02 bits per heavy atom. The number of alkyl halides is 9. The van der Waals surface area contributed by atoms with Gasteiger partial charge in [0.2, 0.25) is 0 Å². The zero-order valence-electron chi connectivity index (χ0n) is 24.7. The molecule has 0 heterocycles. The molecule has 0 saturated carbocycles. The van der Waals surface area contributed by atoms with Crippen molar-refractivity contribution in [3.63, 3.8) is 0 Å². The van der Waals surface area contributed by atoms with Gasteiger partial charge in [0, 0.05) is 0 Å². The molecule has 0 saturated heterocycles. The van der Waals surface area contributed by atoms with Crippen LogP contribution in [0, 0.1) is 0 Å². The molecule has 0 spiro atoms. The lowest BCUT2D eigenvalue weighted by molar-refractivity contribution is -0.382. The summed E-state index contributed by atoms with van der Waals surface area (Å²) < 4.78 is 134. The van der Waals surface area contributed by atoms with Crippen LogP contribution in [-0.2, 0) is 16.5 Å². The second-order valence-corrected chi connectivity index (χ2v) is 12.4. The minimum absolute atomic E-state index is 0.286. The van der Waals surface area contributed by atoms with Crippen LogP contribution >= 0.6 is 0 Å². The molecular weight excluding hydrogens is 687 g/mol. The molecule has 0 atom stereocenters. The molecule has 2 N–H and O–H groups in total. The summed E-state index contributed by atoms with van der Waals surface area (Å²) >= 11 is 0. The van der Waals surface area contributed by atoms with Crippen LogP contribution in [0.25, 0.3) is 44.5 Å². The van der Waals surface area contributed by atoms with Crippen molar-refractivity contribution >= 4 is 10.1 Å². The van der Waals surface area contributed by atoms with Crippen molar-refractivity contribution in [2.75, 3.05) is 0 Å². The second-order valence-electron chi connectivity index (χ2n) is 11.0. The van der Waals surface area contributed by atoms with Gasteiger partial charge in [-0.05, 0) is 80.3 Å². The molecule has 6 rings (SSSR count). The molecule has 0 radical (unpaired) electrons. The number of hydrogen-bond donors (Lipinski definition) is 2. The Bertz CT molecular complexity index is 2080. The van der Waals surface area contributed by atoms with E-state index in [9.17, 15) is 53.0 Å². The number of aromatic hydroxyl groups is 1. The van der Waals surface area contributed by atoms with E-state index in [0.29, 0.717) is 0 Å². The highest BCUT2D eigenvalue weighted by Crippen LogP contribution is 2.54. The maximum absolute atomic E-state index is 12.2. The van der Waals surface area contributed by atoms with Crippen LogP contribution in [0.1, 0.15) is 11.1 Å². The van der Waals surface area contributed by atoms with Crippen LogP contribution in [0.15, 0.2) is 115 Å². The molecule has 1 aliphatic rings. The minimum Gasteiger partial charge on any atom is -0.508 e. The Labute approximate surface area is 273 Å². The van der Waals surface area contributed by atoms with Gasteiger partial charge in [-0.25, -0.2) is 0 Å². The molecule has 0 amide bonds. The second kappa shape index (κ2) is 12.6. The highest BCUT2D eigenvalue weighted by atomic mass is 32.2. The number of phenolic OH excluding ortho intramolecular Hbond substituents is 1. The van der Waals surface area contributed by atoms with Crippen LogP contribution in [0.5, 0.6) is 5.75 Å². The van der Waals surface area contributed by atoms with Crippen LogP contribution in [0.3, 0.4) is 0 Å². The average molecular weight is 711 g/mol. The van der Waals surface area contributed by atoms with E-state index in [1.165, 1.54) is 50.1 Å². The largest absolute Gasteiger partial charge is 0.508 e. The lowest BCUT2D eigenvalue weighted by Gasteiger charge is -2.31. The summed E-state index contributed by atoms with van der Waals surface area (Å²) in [4.78, 5) is 0. The molecule has 0 aliphatic heterocycles. The standard InChI is InChI=1S/C31H22O.C4HF9O3S/c32-25-17-15-23(16-18-25)31-29-19-24-13-7-8-14-26(24)28(29)20-27(21-9-3-1-4-10-21)30(31)22-11-5-2-6-12-22;5-1(6,3(9,10)11)2(7,8)4(12,13)17(14,15)16/h1-18,20,32H,19H2;(H,14,15,16). The fourth-order valence-corrected chi connectivity index (χ4v) is 5.95. The number of benzene rings is 5. The van der Waals surface area contributed by atoms with Crippen molar-refractivity contribution in [3.8, 4) is 50.3 Å². The van der Waals surface area contributed by atoms with Gasteiger partial charge in [-0.3, -0.25) is 4.55 Å². The van der Waals surface area contributed by atoms with Crippen LogP contribution < -0.4 is 0 Å². The van der Waals surface area contributed by atoms with Crippen LogP contribution in [0.4, 0.5) is 39.5 Å². The van der Waals surface area contributed by atoms with Gasteiger partial charge in [-0.15, -0.1) is 0 Å². The molecule has 14 heteroatoms. The third-order valence-corrected chi connectivity index (χ3v) is 8.76. The summed E-state index contributed by atoms with van der Waals surface area (Å²) in [5, 5.41) is 2.96. The smallest absolute Gasteiger partial charge is 0.460 e. The summed E-state index contributed by atoms with van der Waals surface area (Å²) in [6.45, 7) is 0. The van der Waals surface area contributed by atoms with Crippen molar-refractivity contribution in [2.24, 2.45) is 0 Å². The SMILES string of the molecule is O=S(=O)(O)C(F)(F)C(F)(F)C(F)(F)C(F)(F)F.Oc1ccc(-c2c3c(cc(-c4ccccc4)c2-c2ccccc2)-c2ccccc2C3)cc1. The van der Waals surface area contributed by atoms with Gasteiger partial charge in [-0.1, -0.05) is 97.1 Å². The van der Waals surface area contributed by atoms with Gasteiger partial charge >= 0.3 is 33.4 Å². The van der Waals surface area contributed by atoms with E-state index in [-0.39, 0.29) is 5.75 Å². The Balaban J connectivity index is 0.000000236. The summed E-state index contributed by atoms with van der Waals surface area (Å²) in [5.41, 5.74) is 12.6. The molecular formula is C35H23F9O4S. The first kappa shape index (κ1) is 35.5. The molecule has 49 heavy (non-hydrogen) atoms. The zero-order chi connectivity index (χ0) is 36.0. The Morgan fingerprint density at radius 1 is 0.531 bits per heavy atom. The van der Waals surface area contributed by atoms with E-state index in [2.05, 4.69) is 91.0 Å². The summed E-state index contributed by atoms with van der Waals surface area (Å²) in [5.74, 6) is -14.4. The van der Waals surface area contributed by atoms with E-state index in [1.807, 2.05) is 12.1 Å². The summed E-state index contributed by atoms with van der Waals surface area (Å²) in [6, 6.07) is 40.1. The summed E-state index contributed by atoms with van der Waals surface area (Å²) in [7, 11) is -7.17. The third-order valence-electron chi connectivity index (χ3n) is 7.85.